The minimum absolute atomic E-state index is 0.466. The molecule has 0 radical (unpaired) electrons. The Morgan fingerprint density at radius 2 is 2.00 bits per heavy atom. The summed E-state index contributed by atoms with van der Waals surface area (Å²) >= 11 is 1.84. The molecule has 0 spiro atoms. The van der Waals surface area contributed by atoms with Gasteiger partial charge in [0.1, 0.15) is 0 Å². The Bertz CT molecular complexity index is 336. The van der Waals surface area contributed by atoms with Gasteiger partial charge in [-0.15, -0.1) is 0 Å². The maximum Gasteiger partial charge on any atom is 0.246 e. The lowest BCUT2D eigenvalue weighted by atomic mass is 9.94. The predicted molar refractivity (Wildman–Crippen MR) is 71.8 cm³/mol. The van der Waals surface area contributed by atoms with Crippen molar-refractivity contribution in [2.45, 2.75) is 63.5 Å². The van der Waals surface area contributed by atoms with Crippen LogP contribution in [0.15, 0.2) is 4.52 Å². The van der Waals surface area contributed by atoms with Crippen LogP contribution in [0, 0.1) is 0 Å². The molecule has 17 heavy (non-hydrogen) atoms. The minimum atomic E-state index is -0.466. The van der Waals surface area contributed by atoms with Gasteiger partial charge in [0.25, 0.3) is 0 Å². The Balaban J connectivity index is 2.65. The van der Waals surface area contributed by atoms with Gasteiger partial charge in [0, 0.05) is 5.25 Å². The molecule has 0 saturated carbocycles. The average Bonchev–Trinajstić information content (AvgIpc) is 2.84. The monoisotopic (exact) mass is 257 g/mol. The molecule has 98 valence electrons. The van der Waals surface area contributed by atoms with Gasteiger partial charge in [-0.05, 0) is 19.3 Å². The molecule has 0 bridgehead atoms. The van der Waals surface area contributed by atoms with Gasteiger partial charge in [0.05, 0.1) is 11.3 Å². The third-order valence-corrected chi connectivity index (χ3v) is 4.55. The summed E-state index contributed by atoms with van der Waals surface area (Å²) in [5.74, 6) is 2.12. The topological polar surface area (TPSA) is 64.9 Å². The van der Waals surface area contributed by atoms with Gasteiger partial charge in [0.15, 0.2) is 5.82 Å². The van der Waals surface area contributed by atoms with E-state index in [1.54, 1.807) is 0 Å². The molecule has 1 atom stereocenters. The van der Waals surface area contributed by atoms with E-state index in [2.05, 4.69) is 24.0 Å². The highest BCUT2D eigenvalue weighted by molar-refractivity contribution is 7.99. The molecular weight excluding hydrogens is 234 g/mol. The van der Waals surface area contributed by atoms with Crippen LogP contribution in [0.3, 0.4) is 0 Å². The highest BCUT2D eigenvalue weighted by atomic mass is 32.2. The van der Waals surface area contributed by atoms with Crippen LogP contribution in [0.5, 0.6) is 0 Å². The zero-order valence-electron chi connectivity index (χ0n) is 11.2. The summed E-state index contributed by atoms with van der Waals surface area (Å²) in [6.07, 6.45) is 2.77. The Morgan fingerprint density at radius 1 is 1.35 bits per heavy atom. The average molecular weight is 257 g/mol. The molecule has 1 rings (SSSR count). The van der Waals surface area contributed by atoms with Crippen LogP contribution in [-0.4, -0.2) is 15.4 Å². The Hall–Kier alpha value is -0.550. The molecule has 5 heteroatoms. The second kappa shape index (κ2) is 6.40. The molecule has 0 aliphatic carbocycles. The molecule has 0 aliphatic rings. The van der Waals surface area contributed by atoms with Crippen LogP contribution in [0.2, 0.25) is 0 Å². The molecular formula is C12H23N3OS. The number of thioether (sulfide) groups is 1. The lowest BCUT2D eigenvalue weighted by molar-refractivity contribution is 0.267. The maximum atomic E-state index is 6.21. The second-order valence-corrected chi connectivity index (χ2v) is 5.84. The second-order valence-electron chi connectivity index (χ2n) is 4.41. The van der Waals surface area contributed by atoms with Gasteiger partial charge >= 0.3 is 0 Å². The zero-order chi connectivity index (χ0) is 12.9. The van der Waals surface area contributed by atoms with Crippen LogP contribution < -0.4 is 5.73 Å². The van der Waals surface area contributed by atoms with E-state index < -0.39 is 5.54 Å². The molecule has 0 fully saturated rings. The molecule has 4 nitrogen and oxygen atoms in total. The van der Waals surface area contributed by atoms with Gasteiger partial charge in [-0.1, -0.05) is 32.9 Å². The van der Waals surface area contributed by atoms with E-state index in [0.29, 0.717) is 11.1 Å². The highest BCUT2D eigenvalue weighted by Crippen LogP contribution is 2.25. The van der Waals surface area contributed by atoms with Gasteiger partial charge < -0.3 is 10.3 Å². The summed E-state index contributed by atoms with van der Waals surface area (Å²) in [6, 6.07) is 0. The van der Waals surface area contributed by atoms with E-state index in [-0.39, 0.29) is 0 Å². The highest BCUT2D eigenvalue weighted by Gasteiger charge is 2.29. The van der Waals surface area contributed by atoms with Crippen molar-refractivity contribution in [3.05, 3.63) is 11.7 Å². The van der Waals surface area contributed by atoms with Crippen molar-refractivity contribution in [1.29, 1.82) is 0 Å². The van der Waals surface area contributed by atoms with Crippen LogP contribution in [0.1, 0.15) is 58.7 Å². The van der Waals surface area contributed by atoms with Crippen molar-refractivity contribution in [3.63, 3.8) is 0 Å². The fraction of sp³-hybridized carbons (Fsp3) is 0.833. The minimum Gasteiger partial charge on any atom is -0.337 e. The summed E-state index contributed by atoms with van der Waals surface area (Å²) in [4.78, 5) is 4.41. The first-order valence-electron chi connectivity index (χ1n) is 6.29. The largest absolute Gasteiger partial charge is 0.337 e. The Morgan fingerprint density at radius 3 is 2.53 bits per heavy atom. The number of aromatic nitrogens is 2. The molecule has 0 aliphatic heterocycles. The number of hydrogen-bond donors (Lipinski definition) is 1. The quantitative estimate of drug-likeness (QED) is 0.813. The van der Waals surface area contributed by atoms with E-state index in [9.17, 15) is 0 Å². The summed E-state index contributed by atoms with van der Waals surface area (Å²) in [6.45, 7) is 8.47. The lowest BCUT2D eigenvalue weighted by Gasteiger charge is -2.20. The first-order chi connectivity index (χ1) is 8.05. The normalized spacial score (nSPS) is 13.9. The maximum absolute atomic E-state index is 6.21. The first kappa shape index (κ1) is 14.5. The molecule has 0 aromatic carbocycles. The zero-order valence-corrected chi connectivity index (χ0v) is 12.0. The molecule has 2 N–H and O–H groups in total. The lowest BCUT2D eigenvalue weighted by Crippen LogP contribution is -2.35. The van der Waals surface area contributed by atoms with E-state index in [4.69, 9.17) is 10.3 Å². The molecule has 0 saturated heterocycles. The summed E-state index contributed by atoms with van der Waals surface area (Å²) in [5.41, 5.74) is 5.74. The standard InChI is InChI=1S/C12H23N3OS/c1-5-9(4)17-8-10-14-11(16-15-10)12(13,6-2)7-3/h9H,5-8,13H2,1-4H3. The smallest absolute Gasteiger partial charge is 0.246 e. The Kier molecular flexibility index (Phi) is 5.46. The molecule has 1 unspecified atom stereocenters. The van der Waals surface area contributed by atoms with Crippen molar-refractivity contribution in [3.8, 4) is 0 Å². The van der Waals surface area contributed by atoms with Crippen molar-refractivity contribution < 1.29 is 4.52 Å². The third kappa shape index (κ3) is 3.71. The van der Waals surface area contributed by atoms with Crippen LogP contribution in [-0.2, 0) is 11.3 Å². The number of nitrogens with zero attached hydrogens (tertiary/aromatic N) is 2. The van der Waals surface area contributed by atoms with E-state index in [1.807, 2.05) is 25.6 Å². The van der Waals surface area contributed by atoms with Gasteiger partial charge in [-0.25, -0.2) is 0 Å². The van der Waals surface area contributed by atoms with E-state index in [1.165, 1.54) is 0 Å². The molecule has 1 aromatic heterocycles. The fourth-order valence-corrected chi connectivity index (χ4v) is 2.19. The predicted octanol–water partition coefficient (Wildman–Crippen LogP) is 3.08. The molecule has 0 amide bonds. The van der Waals surface area contributed by atoms with Gasteiger partial charge in [-0.2, -0.15) is 16.7 Å². The molecule has 1 heterocycles. The summed E-state index contributed by atoms with van der Waals surface area (Å²) in [7, 11) is 0. The number of rotatable bonds is 7. The van der Waals surface area contributed by atoms with Crippen LogP contribution in [0.4, 0.5) is 0 Å². The summed E-state index contributed by atoms with van der Waals surface area (Å²) in [5, 5.41) is 4.62. The third-order valence-electron chi connectivity index (χ3n) is 3.23. The number of nitrogens with two attached hydrogens (primary N) is 1. The Labute approximate surface area is 108 Å². The van der Waals surface area contributed by atoms with E-state index >= 15 is 0 Å². The van der Waals surface area contributed by atoms with Crippen LogP contribution >= 0.6 is 11.8 Å². The first-order valence-corrected chi connectivity index (χ1v) is 7.34. The number of hydrogen-bond acceptors (Lipinski definition) is 5. The van der Waals surface area contributed by atoms with Gasteiger partial charge in [-0.3, -0.25) is 0 Å². The van der Waals surface area contributed by atoms with Crippen molar-refractivity contribution in [2.24, 2.45) is 5.73 Å². The van der Waals surface area contributed by atoms with Crippen molar-refractivity contribution in [2.75, 3.05) is 0 Å². The van der Waals surface area contributed by atoms with Crippen LogP contribution in [0.25, 0.3) is 0 Å². The fourth-order valence-electron chi connectivity index (χ4n) is 1.40. The molecule has 1 aromatic rings. The van der Waals surface area contributed by atoms with E-state index in [0.717, 1.165) is 30.8 Å². The summed E-state index contributed by atoms with van der Waals surface area (Å²) < 4.78 is 5.28. The van der Waals surface area contributed by atoms with Crippen molar-refractivity contribution in [1.82, 2.24) is 10.1 Å². The van der Waals surface area contributed by atoms with Crippen molar-refractivity contribution >= 4 is 11.8 Å². The SMILES string of the molecule is CCC(C)SCc1noc(C(N)(CC)CC)n1. The van der Waals surface area contributed by atoms with Gasteiger partial charge in [0.2, 0.25) is 5.89 Å².